The van der Waals surface area contributed by atoms with Gasteiger partial charge in [-0.2, -0.15) is 0 Å². The van der Waals surface area contributed by atoms with Crippen molar-refractivity contribution < 1.29 is 19.4 Å². The molecule has 1 N–H and O–H groups in total. The molecular formula is C22H30N2O4. The SMILES string of the molecule is COc1ccc(C2(C(=O)N3CCC4(CC3)CN(C(C)=O)CC4CO)CC2)cc1. The largest absolute Gasteiger partial charge is 0.497 e. The van der Waals surface area contributed by atoms with Crippen molar-refractivity contribution in [3.8, 4) is 5.75 Å². The fourth-order valence-electron chi connectivity index (χ4n) is 5.21. The average molecular weight is 386 g/mol. The maximum absolute atomic E-state index is 13.3. The summed E-state index contributed by atoms with van der Waals surface area (Å²) in [6, 6.07) is 7.88. The van der Waals surface area contributed by atoms with E-state index in [-0.39, 0.29) is 35.2 Å². The first kappa shape index (κ1) is 19.2. The highest BCUT2D eigenvalue weighted by Crippen LogP contribution is 2.51. The fourth-order valence-corrected chi connectivity index (χ4v) is 5.21. The molecule has 6 nitrogen and oxygen atoms in total. The molecule has 28 heavy (non-hydrogen) atoms. The Balaban J connectivity index is 1.45. The van der Waals surface area contributed by atoms with Crippen molar-refractivity contribution in [2.45, 2.75) is 38.0 Å². The summed E-state index contributed by atoms with van der Waals surface area (Å²) in [7, 11) is 1.65. The predicted molar refractivity (Wildman–Crippen MR) is 105 cm³/mol. The number of nitrogens with zero attached hydrogens (tertiary/aromatic N) is 2. The van der Waals surface area contributed by atoms with E-state index in [1.54, 1.807) is 14.0 Å². The number of hydrogen-bond acceptors (Lipinski definition) is 4. The van der Waals surface area contributed by atoms with Crippen LogP contribution in [0.15, 0.2) is 24.3 Å². The number of ether oxygens (including phenoxy) is 1. The lowest BCUT2D eigenvalue weighted by Gasteiger charge is -2.43. The molecule has 1 aromatic carbocycles. The summed E-state index contributed by atoms with van der Waals surface area (Å²) < 4.78 is 5.23. The molecule has 1 spiro atoms. The normalized spacial score (nSPS) is 25.0. The van der Waals surface area contributed by atoms with Crippen molar-refractivity contribution >= 4 is 11.8 Å². The van der Waals surface area contributed by atoms with Crippen molar-refractivity contribution in [3.05, 3.63) is 29.8 Å². The van der Waals surface area contributed by atoms with Gasteiger partial charge in [-0.15, -0.1) is 0 Å². The van der Waals surface area contributed by atoms with E-state index in [2.05, 4.69) is 0 Å². The number of aliphatic hydroxyl groups is 1. The second-order valence-electron chi connectivity index (χ2n) is 8.74. The van der Waals surface area contributed by atoms with Crippen LogP contribution in [0.25, 0.3) is 0 Å². The van der Waals surface area contributed by atoms with Crippen molar-refractivity contribution in [1.29, 1.82) is 0 Å². The average Bonchev–Trinajstić information content (AvgIpc) is 3.45. The summed E-state index contributed by atoms with van der Waals surface area (Å²) >= 11 is 0. The molecule has 0 bridgehead atoms. The molecule has 2 saturated heterocycles. The van der Waals surface area contributed by atoms with Gasteiger partial charge in [0.1, 0.15) is 5.75 Å². The third-order valence-electron chi connectivity index (χ3n) is 7.33. The van der Waals surface area contributed by atoms with Crippen LogP contribution in [0.4, 0.5) is 0 Å². The molecule has 1 aliphatic carbocycles. The Kier molecular flexibility index (Phi) is 4.86. The van der Waals surface area contributed by atoms with E-state index in [0.717, 1.165) is 37.0 Å². The van der Waals surface area contributed by atoms with Gasteiger partial charge in [0, 0.05) is 45.6 Å². The Hall–Kier alpha value is -2.08. The van der Waals surface area contributed by atoms with E-state index in [0.29, 0.717) is 26.2 Å². The zero-order chi connectivity index (χ0) is 19.9. The van der Waals surface area contributed by atoms with Crippen LogP contribution in [0.2, 0.25) is 0 Å². The molecule has 3 fully saturated rings. The zero-order valence-electron chi connectivity index (χ0n) is 16.8. The number of aliphatic hydroxyl groups excluding tert-OH is 1. The number of carbonyl (C=O) groups is 2. The molecule has 152 valence electrons. The van der Waals surface area contributed by atoms with E-state index >= 15 is 0 Å². The third kappa shape index (κ3) is 3.08. The second kappa shape index (κ2) is 7.07. The molecule has 2 aliphatic heterocycles. The van der Waals surface area contributed by atoms with Crippen LogP contribution >= 0.6 is 0 Å². The molecule has 1 unspecified atom stereocenters. The Morgan fingerprint density at radius 1 is 1.11 bits per heavy atom. The highest BCUT2D eigenvalue weighted by Gasteiger charge is 2.55. The van der Waals surface area contributed by atoms with Crippen LogP contribution in [0.5, 0.6) is 5.75 Å². The van der Waals surface area contributed by atoms with Gasteiger partial charge in [-0.3, -0.25) is 9.59 Å². The number of amides is 2. The molecule has 0 radical (unpaired) electrons. The molecule has 4 rings (SSSR count). The third-order valence-corrected chi connectivity index (χ3v) is 7.33. The van der Waals surface area contributed by atoms with E-state index in [1.807, 2.05) is 34.1 Å². The molecule has 1 aromatic rings. The summed E-state index contributed by atoms with van der Waals surface area (Å²) in [6.45, 7) is 4.46. The van der Waals surface area contributed by atoms with Gasteiger partial charge in [0.15, 0.2) is 0 Å². The van der Waals surface area contributed by atoms with Crippen LogP contribution in [-0.4, -0.2) is 66.6 Å². The van der Waals surface area contributed by atoms with Crippen molar-refractivity contribution in [1.82, 2.24) is 9.80 Å². The Morgan fingerprint density at radius 3 is 2.25 bits per heavy atom. The van der Waals surface area contributed by atoms with Crippen molar-refractivity contribution in [3.63, 3.8) is 0 Å². The van der Waals surface area contributed by atoms with Crippen molar-refractivity contribution in [2.75, 3.05) is 39.9 Å². The molecule has 2 heterocycles. The van der Waals surface area contributed by atoms with Gasteiger partial charge in [0.05, 0.1) is 12.5 Å². The summed E-state index contributed by atoms with van der Waals surface area (Å²) in [5, 5.41) is 9.86. The molecule has 1 saturated carbocycles. The monoisotopic (exact) mass is 386 g/mol. The summed E-state index contributed by atoms with van der Waals surface area (Å²) in [5.41, 5.74) is 0.665. The lowest BCUT2D eigenvalue weighted by molar-refractivity contribution is -0.137. The van der Waals surface area contributed by atoms with Gasteiger partial charge < -0.3 is 19.6 Å². The minimum absolute atomic E-state index is 0.0476. The van der Waals surface area contributed by atoms with Crippen LogP contribution in [0.1, 0.15) is 38.2 Å². The molecule has 3 aliphatic rings. The number of piperidine rings is 1. The van der Waals surface area contributed by atoms with Crippen LogP contribution in [0, 0.1) is 11.3 Å². The van der Waals surface area contributed by atoms with Crippen molar-refractivity contribution in [2.24, 2.45) is 11.3 Å². The van der Waals surface area contributed by atoms with Gasteiger partial charge in [-0.05, 0) is 48.8 Å². The Bertz CT molecular complexity index is 748. The topological polar surface area (TPSA) is 70.1 Å². The van der Waals surface area contributed by atoms with E-state index in [9.17, 15) is 14.7 Å². The number of methoxy groups -OCH3 is 1. The lowest BCUT2D eigenvalue weighted by Crippen LogP contribution is -2.49. The van der Waals surface area contributed by atoms with Gasteiger partial charge >= 0.3 is 0 Å². The maximum Gasteiger partial charge on any atom is 0.233 e. The number of benzene rings is 1. The molecule has 2 amide bonds. The lowest BCUT2D eigenvalue weighted by atomic mass is 9.71. The van der Waals surface area contributed by atoms with E-state index in [4.69, 9.17) is 4.74 Å². The highest BCUT2D eigenvalue weighted by molar-refractivity contribution is 5.91. The second-order valence-corrected chi connectivity index (χ2v) is 8.74. The minimum Gasteiger partial charge on any atom is -0.497 e. The first-order valence-corrected chi connectivity index (χ1v) is 10.2. The number of hydrogen-bond donors (Lipinski definition) is 1. The van der Waals surface area contributed by atoms with Gasteiger partial charge in [0.2, 0.25) is 11.8 Å². The number of likely N-dealkylation sites (tertiary alicyclic amines) is 2. The first-order valence-electron chi connectivity index (χ1n) is 10.2. The van der Waals surface area contributed by atoms with Gasteiger partial charge in [-0.1, -0.05) is 12.1 Å². The number of carbonyl (C=O) groups excluding carboxylic acids is 2. The molecule has 6 heteroatoms. The summed E-state index contributed by atoms with van der Waals surface area (Å²) in [6.07, 6.45) is 3.51. The minimum atomic E-state index is -0.367. The zero-order valence-corrected chi connectivity index (χ0v) is 16.8. The highest BCUT2D eigenvalue weighted by atomic mass is 16.5. The first-order chi connectivity index (χ1) is 13.4. The molecule has 0 aromatic heterocycles. The van der Waals surface area contributed by atoms with Crippen LogP contribution < -0.4 is 4.74 Å². The summed E-state index contributed by atoms with van der Waals surface area (Å²) in [5.74, 6) is 1.23. The smallest absolute Gasteiger partial charge is 0.233 e. The van der Waals surface area contributed by atoms with E-state index in [1.165, 1.54) is 0 Å². The molecule has 1 atom stereocenters. The van der Waals surface area contributed by atoms with E-state index < -0.39 is 0 Å². The van der Waals surface area contributed by atoms with Crippen LogP contribution in [-0.2, 0) is 15.0 Å². The Morgan fingerprint density at radius 2 is 1.75 bits per heavy atom. The summed E-state index contributed by atoms with van der Waals surface area (Å²) in [4.78, 5) is 29.0. The van der Waals surface area contributed by atoms with Gasteiger partial charge in [-0.25, -0.2) is 0 Å². The predicted octanol–water partition coefficient (Wildman–Crippen LogP) is 1.81. The Labute approximate surface area is 166 Å². The van der Waals surface area contributed by atoms with Gasteiger partial charge in [0.25, 0.3) is 0 Å². The fraction of sp³-hybridized carbons (Fsp3) is 0.636. The van der Waals surface area contributed by atoms with Crippen LogP contribution in [0.3, 0.4) is 0 Å². The standard InChI is InChI=1S/C22H30N2O4/c1-16(26)24-13-18(14-25)21(15-24)9-11-23(12-10-21)20(27)22(7-8-22)17-3-5-19(28-2)6-4-17/h3-6,18,25H,7-15H2,1-2H3. The maximum atomic E-state index is 13.3. The number of rotatable bonds is 4. The quantitative estimate of drug-likeness (QED) is 0.857. The molecular weight excluding hydrogens is 356 g/mol.